The number of aliphatic hydroxyl groups excluding tert-OH is 1. The first-order chi connectivity index (χ1) is 6.60. The van der Waals surface area contributed by atoms with E-state index in [1.807, 2.05) is 0 Å². The molecule has 0 saturated heterocycles. The lowest BCUT2D eigenvalue weighted by Gasteiger charge is -2.12. The number of aliphatic hydroxyl groups is 1. The summed E-state index contributed by atoms with van der Waals surface area (Å²) in [5, 5.41) is 13.3. The van der Waals surface area contributed by atoms with Crippen LogP contribution < -0.4 is 10.6 Å². The highest BCUT2D eigenvalue weighted by Crippen LogP contribution is 1.85. The van der Waals surface area contributed by atoms with Crippen LogP contribution in [0.5, 0.6) is 0 Å². The van der Waals surface area contributed by atoms with E-state index in [2.05, 4.69) is 24.8 Å². The molecule has 0 aliphatic rings. The molecule has 0 aromatic carbocycles. The first-order valence-corrected chi connectivity index (χ1v) is 3.58. The first-order valence-electron chi connectivity index (χ1n) is 3.58. The molecule has 0 radical (unpaired) electrons. The Morgan fingerprint density at radius 3 is 2.50 bits per heavy atom. The van der Waals surface area contributed by atoms with Gasteiger partial charge in [-0.3, -0.25) is 0 Å². The van der Waals surface area contributed by atoms with Crippen LogP contribution in [-0.2, 0) is 14.2 Å². The molecule has 0 rings (SSSR count). The van der Waals surface area contributed by atoms with Crippen molar-refractivity contribution >= 4 is 12.2 Å². The van der Waals surface area contributed by atoms with Crippen molar-refractivity contribution in [1.82, 2.24) is 10.6 Å². The fourth-order valence-corrected chi connectivity index (χ4v) is 0.464. The summed E-state index contributed by atoms with van der Waals surface area (Å²) in [7, 11) is 2.29. The third-order valence-corrected chi connectivity index (χ3v) is 1.07. The van der Waals surface area contributed by atoms with Gasteiger partial charge in [-0.1, -0.05) is 0 Å². The number of rotatable bonds is 4. The highest BCUT2D eigenvalue weighted by Gasteiger charge is 2.09. The largest absolute Gasteiger partial charge is 0.511 e. The van der Waals surface area contributed by atoms with E-state index in [0.717, 1.165) is 7.11 Å². The molecule has 1 amide bonds. The van der Waals surface area contributed by atoms with E-state index < -0.39 is 18.7 Å². The van der Waals surface area contributed by atoms with Crippen molar-refractivity contribution in [2.45, 2.75) is 6.41 Å². The summed E-state index contributed by atoms with van der Waals surface area (Å²) in [4.78, 5) is 20.9. The molecule has 8 heteroatoms. The number of methoxy groups -OCH3 is 2. The lowest BCUT2D eigenvalue weighted by atomic mass is 10.9. The Labute approximate surface area is 80.1 Å². The van der Waals surface area contributed by atoms with Gasteiger partial charge in [-0.2, -0.15) is 0 Å². The maximum Gasteiger partial charge on any atom is 0.511 e. The molecule has 1 atom stereocenters. The van der Waals surface area contributed by atoms with E-state index >= 15 is 0 Å². The molecule has 0 fully saturated rings. The fourth-order valence-electron chi connectivity index (χ4n) is 0.464. The molecule has 82 valence electrons. The molecule has 0 spiro atoms. The Morgan fingerprint density at radius 2 is 2.00 bits per heavy atom. The van der Waals surface area contributed by atoms with Gasteiger partial charge in [0.1, 0.15) is 0 Å². The number of amides is 1. The van der Waals surface area contributed by atoms with Crippen molar-refractivity contribution in [2.75, 3.05) is 20.9 Å². The molecular formula is C6H12N2O6. The molecule has 0 aliphatic carbocycles. The molecule has 8 nitrogen and oxygen atoms in total. The van der Waals surface area contributed by atoms with Crippen molar-refractivity contribution in [1.29, 1.82) is 0 Å². The summed E-state index contributed by atoms with van der Waals surface area (Å²) in [6, 6.07) is 0. The zero-order valence-electron chi connectivity index (χ0n) is 7.77. The molecule has 3 N–H and O–H groups in total. The van der Waals surface area contributed by atoms with E-state index in [-0.39, 0.29) is 6.67 Å². The number of carbonyl (C=O) groups is 2. The van der Waals surface area contributed by atoms with Crippen LogP contribution in [-0.4, -0.2) is 44.7 Å². The van der Waals surface area contributed by atoms with Crippen molar-refractivity contribution in [2.24, 2.45) is 0 Å². The molecule has 0 saturated carbocycles. The van der Waals surface area contributed by atoms with Crippen molar-refractivity contribution in [3.63, 3.8) is 0 Å². The number of carbonyl (C=O) groups excluding carboxylic acids is 2. The van der Waals surface area contributed by atoms with E-state index in [0.29, 0.717) is 0 Å². The maximum absolute atomic E-state index is 10.5. The van der Waals surface area contributed by atoms with Gasteiger partial charge in [0.05, 0.1) is 20.9 Å². The average Bonchev–Trinajstić information content (AvgIpc) is 2.17. The minimum Gasteiger partial charge on any atom is -0.453 e. The molecule has 0 heterocycles. The molecule has 0 bridgehead atoms. The normalized spacial score (nSPS) is 11.4. The third-order valence-electron chi connectivity index (χ3n) is 1.07. The first kappa shape index (κ1) is 12.5. The van der Waals surface area contributed by atoms with Gasteiger partial charge in [-0.05, 0) is 0 Å². The molecule has 0 aliphatic heterocycles. The highest BCUT2D eigenvalue weighted by atomic mass is 16.8. The van der Waals surface area contributed by atoms with Gasteiger partial charge in [0.25, 0.3) is 6.41 Å². The van der Waals surface area contributed by atoms with Gasteiger partial charge in [0.2, 0.25) is 0 Å². The van der Waals surface area contributed by atoms with Crippen LogP contribution in [0.15, 0.2) is 0 Å². The number of nitrogens with one attached hydrogen (secondary N) is 2. The second-order valence-corrected chi connectivity index (χ2v) is 1.97. The topological polar surface area (TPSA) is 106 Å². The average molecular weight is 208 g/mol. The smallest absolute Gasteiger partial charge is 0.453 e. The van der Waals surface area contributed by atoms with Crippen LogP contribution in [0.3, 0.4) is 0 Å². The van der Waals surface area contributed by atoms with Crippen LogP contribution in [0.1, 0.15) is 0 Å². The SMILES string of the molecule is COC(=O)NCNC(O)OC(=O)OC. The Kier molecular flexibility index (Phi) is 6.16. The fraction of sp³-hybridized carbons (Fsp3) is 0.667. The van der Waals surface area contributed by atoms with Crippen LogP contribution in [0.4, 0.5) is 9.59 Å². The highest BCUT2D eigenvalue weighted by molar-refractivity contribution is 5.66. The summed E-state index contributed by atoms with van der Waals surface area (Å²) in [5.74, 6) is 0. The summed E-state index contributed by atoms with van der Waals surface area (Å²) in [6.07, 6.45) is -3.27. The van der Waals surface area contributed by atoms with Gasteiger partial charge >= 0.3 is 12.2 Å². The quantitative estimate of drug-likeness (QED) is 0.399. The van der Waals surface area contributed by atoms with Gasteiger partial charge in [0.15, 0.2) is 0 Å². The molecule has 0 aromatic rings. The van der Waals surface area contributed by atoms with Crippen molar-refractivity contribution < 1.29 is 28.9 Å². The Bertz CT molecular complexity index is 197. The standard InChI is InChI=1S/C6H12N2O6/c1-12-4(9)7-3-8-5(10)14-6(11)13-2/h5,8,10H,3H2,1-2H3,(H,7,9). The van der Waals surface area contributed by atoms with Crippen LogP contribution >= 0.6 is 0 Å². The van der Waals surface area contributed by atoms with Gasteiger partial charge in [-0.15, -0.1) is 0 Å². The van der Waals surface area contributed by atoms with Gasteiger partial charge in [0, 0.05) is 0 Å². The number of alkyl carbamates (subject to hydrolysis) is 1. The minimum atomic E-state index is -1.56. The number of hydrogen-bond donors (Lipinski definition) is 3. The van der Waals surface area contributed by atoms with Gasteiger partial charge in [-0.25, -0.2) is 14.9 Å². The van der Waals surface area contributed by atoms with Crippen LogP contribution in [0, 0.1) is 0 Å². The van der Waals surface area contributed by atoms with Crippen molar-refractivity contribution in [3.05, 3.63) is 0 Å². The number of ether oxygens (including phenoxy) is 3. The summed E-state index contributed by atoms with van der Waals surface area (Å²) in [6.45, 7) is -0.120. The Balaban J connectivity index is 3.49. The predicted octanol–water partition coefficient (Wildman–Crippen LogP) is -1.05. The molecule has 14 heavy (non-hydrogen) atoms. The van der Waals surface area contributed by atoms with E-state index in [9.17, 15) is 9.59 Å². The Hall–Kier alpha value is -1.54. The zero-order valence-corrected chi connectivity index (χ0v) is 7.77. The summed E-state index contributed by atoms with van der Waals surface area (Å²) < 4.78 is 12.5. The van der Waals surface area contributed by atoms with Crippen LogP contribution in [0.2, 0.25) is 0 Å². The monoisotopic (exact) mass is 208 g/mol. The molecule has 1 unspecified atom stereocenters. The van der Waals surface area contributed by atoms with Gasteiger partial charge < -0.3 is 24.6 Å². The van der Waals surface area contributed by atoms with Crippen LogP contribution in [0.25, 0.3) is 0 Å². The predicted molar refractivity (Wildman–Crippen MR) is 43.0 cm³/mol. The Morgan fingerprint density at radius 1 is 1.36 bits per heavy atom. The minimum absolute atomic E-state index is 0.120. The lowest BCUT2D eigenvalue weighted by molar-refractivity contribution is -0.0954. The summed E-state index contributed by atoms with van der Waals surface area (Å²) >= 11 is 0. The zero-order chi connectivity index (χ0) is 11.0. The number of hydrogen-bond acceptors (Lipinski definition) is 7. The second kappa shape index (κ2) is 6.92. The summed E-state index contributed by atoms with van der Waals surface area (Å²) in [5.41, 5.74) is 0. The van der Waals surface area contributed by atoms with Crippen molar-refractivity contribution in [3.8, 4) is 0 Å². The lowest BCUT2D eigenvalue weighted by Crippen LogP contribution is -2.41. The molecule has 0 aromatic heterocycles. The maximum atomic E-state index is 10.5. The van der Waals surface area contributed by atoms with E-state index in [1.54, 1.807) is 0 Å². The molecular weight excluding hydrogens is 196 g/mol. The third kappa shape index (κ3) is 6.03. The van der Waals surface area contributed by atoms with E-state index in [4.69, 9.17) is 5.11 Å². The van der Waals surface area contributed by atoms with E-state index in [1.165, 1.54) is 7.11 Å². The second-order valence-electron chi connectivity index (χ2n) is 1.97.